The average molecular weight is 325 g/mol. The molecule has 4 nitrogen and oxygen atoms in total. The van der Waals surface area contributed by atoms with Crippen LogP contribution < -0.4 is 10.1 Å². The molecule has 0 spiro atoms. The fourth-order valence-corrected chi connectivity index (χ4v) is 2.39. The first-order valence-corrected chi connectivity index (χ1v) is 8.15. The fraction of sp³-hybridized carbons (Fsp3) is 0.300. The molecule has 0 unspecified atom stereocenters. The van der Waals surface area contributed by atoms with Crippen molar-refractivity contribution < 1.29 is 14.3 Å². The van der Waals surface area contributed by atoms with Gasteiger partial charge >= 0.3 is 0 Å². The van der Waals surface area contributed by atoms with Crippen LogP contribution in [0.25, 0.3) is 0 Å². The minimum Gasteiger partial charge on any atom is -0.494 e. The van der Waals surface area contributed by atoms with Gasteiger partial charge in [-0.15, -0.1) is 0 Å². The zero-order valence-corrected chi connectivity index (χ0v) is 14.2. The number of carbonyl (C=O) groups is 2. The summed E-state index contributed by atoms with van der Waals surface area (Å²) in [4.78, 5) is 23.5. The molecule has 0 aliphatic carbocycles. The van der Waals surface area contributed by atoms with E-state index in [0.717, 1.165) is 24.2 Å². The van der Waals surface area contributed by atoms with E-state index in [2.05, 4.69) is 5.32 Å². The number of ketones is 1. The monoisotopic (exact) mass is 325 g/mol. The highest BCUT2D eigenvalue weighted by Crippen LogP contribution is 2.16. The number of hydrogen-bond donors (Lipinski definition) is 1. The summed E-state index contributed by atoms with van der Waals surface area (Å²) in [6.45, 7) is 4.10. The summed E-state index contributed by atoms with van der Waals surface area (Å²) >= 11 is 0. The molecule has 126 valence electrons. The molecule has 0 aliphatic heterocycles. The molecule has 0 bridgehead atoms. The average Bonchev–Trinajstić information content (AvgIpc) is 2.55. The van der Waals surface area contributed by atoms with Gasteiger partial charge in [-0.1, -0.05) is 24.3 Å². The molecular weight excluding hydrogens is 302 g/mol. The van der Waals surface area contributed by atoms with Crippen LogP contribution in [0.5, 0.6) is 5.75 Å². The van der Waals surface area contributed by atoms with Crippen LogP contribution in [0.1, 0.15) is 42.1 Å². The molecule has 0 fully saturated rings. The molecule has 24 heavy (non-hydrogen) atoms. The Morgan fingerprint density at radius 3 is 2.58 bits per heavy atom. The maximum Gasteiger partial charge on any atom is 0.224 e. The topological polar surface area (TPSA) is 55.4 Å². The number of benzene rings is 2. The van der Waals surface area contributed by atoms with Gasteiger partial charge in [-0.05, 0) is 56.5 Å². The van der Waals surface area contributed by atoms with E-state index in [4.69, 9.17) is 4.74 Å². The summed E-state index contributed by atoms with van der Waals surface area (Å²) in [5.74, 6) is 0.714. The smallest absolute Gasteiger partial charge is 0.224 e. The van der Waals surface area contributed by atoms with Gasteiger partial charge in [-0.25, -0.2) is 0 Å². The summed E-state index contributed by atoms with van der Waals surface area (Å²) in [6.07, 6.45) is 1.94. The van der Waals surface area contributed by atoms with Gasteiger partial charge in [0.1, 0.15) is 5.75 Å². The van der Waals surface area contributed by atoms with Crippen LogP contribution in [-0.2, 0) is 4.79 Å². The number of aryl methyl sites for hydroxylation is 1. The molecule has 2 aromatic carbocycles. The molecule has 4 heteroatoms. The van der Waals surface area contributed by atoms with Gasteiger partial charge in [0.15, 0.2) is 5.78 Å². The van der Waals surface area contributed by atoms with Crippen LogP contribution in [0.4, 0.5) is 5.69 Å². The Kier molecular flexibility index (Phi) is 6.55. The standard InChI is InChI=1S/C20H23NO3/c1-15-8-7-9-17(14-15)24-13-6-5-12-20(23)21-19-11-4-3-10-18(19)16(2)22/h3-4,7-11,14H,5-6,12-13H2,1-2H3,(H,21,23). The minimum absolute atomic E-state index is 0.0579. The predicted molar refractivity (Wildman–Crippen MR) is 95.6 cm³/mol. The third-order valence-corrected chi connectivity index (χ3v) is 3.64. The van der Waals surface area contributed by atoms with E-state index in [9.17, 15) is 9.59 Å². The Hall–Kier alpha value is -2.62. The molecule has 0 radical (unpaired) electrons. The summed E-state index contributed by atoms with van der Waals surface area (Å²) < 4.78 is 5.66. The van der Waals surface area contributed by atoms with E-state index in [1.54, 1.807) is 24.3 Å². The van der Waals surface area contributed by atoms with Crippen molar-refractivity contribution in [2.24, 2.45) is 0 Å². The second-order valence-electron chi connectivity index (χ2n) is 5.77. The molecule has 0 saturated carbocycles. The van der Waals surface area contributed by atoms with E-state index in [1.165, 1.54) is 6.92 Å². The van der Waals surface area contributed by atoms with Gasteiger partial charge in [0.25, 0.3) is 0 Å². The van der Waals surface area contributed by atoms with Crippen molar-refractivity contribution in [1.82, 2.24) is 0 Å². The lowest BCUT2D eigenvalue weighted by atomic mass is 10.1. The highest BCUT2D eigenvalue weighted by molar-refractivity contribution is 6.03. The number of Topliss-reactive ketones (excluding diaryl/α,β-unsaturated/α-hetero) is 1. The highest BCUT2D eigenvalue weighted by atomic mass is 16.5. The normalized spacial score (nSPS) is 10.2. The molecule has 0 aliphatic rings. The van der Waals surface area contributed by atoms with E-state index >= 15 is 0 Å². The van der Waals surface area contributed by atoms with Crippen LogP contribution >= 0.6 is 0 Å². The second kappa shape index (κ2) is 8.87. The molecule has 1 N–H and O–H groups in total. The van der Waals surface area contributed by atoms with Crippen molar-refractivity contribution in [1.29, 1.82) is 0 Å². The number of amides is 1. The summed E-state index contributed by atoms with van der Waals surface area (Å²) in [7, 11) is 0. The van der Waals surface area contributed by atoms with Crippen LogP contribution in [0.3, 0.4) is 0 Å². The lowest BCUT2D eigenvalue weighted by Gasteiger charge is -2.09. The van der Waals surface area contributed by atoms with Gasteiger partial charge < -0.3 is 10.1 Å². The number of anilines is 1. The molecule has 0 aromatic heterocycles. The van der Waals surface area contributed by atoms with Gasteiger partial charge in [-0.2, -0.15) is 0 Å². The van der Waals surface area contributed by atoms with E-state index in [1.807, 2.05) is 31.2 Å². The molecule has 2 rings (SSSR count). The fourth-order valence-electron chi connectivity index (χ4n) is 2.39. The number of hydrogen-bond acceptors (Lipinski definition) is 3. The second-order valence-corrected chi connectivity index (χ2v) is 5.77. The third-order valence-electron chi connectivity index (χ3n) is 3.64. The van der Waals surface area contributed by atoms with Gasteiger partial charge in [0, 0.05) is 12.0 Å². The lowest BCUT2D eigenvalue weighted by Crippen LogP contribution is -2.14. The largest absolute Gasteiger partial charge is 0.494 e. The van der Waals surface area contributed by atoms with Crippen LogP contribution in [0, 0.1) is 6.92 Å². The molecule has 1 amide bonds. The summed E-state index contributed by atoms with van der Waals surface area (Å²) in [5.41, 5.74) is 2.27. The molecular formula is C20H23NO3. The Labute approximate surface area is 142 Å². The first-order valence-electron chi connectivity index (χ1n) is 8.15. The third kappa shape index (κ3) is 5.54. The Balaban J connectivity index is 1.71. The van der Waals surface area contributed by atoms with Crippen molar-refractivity contribution in [2.75, 3.05) is 11.9 Å². The Morgan fingerprint density at radius 2 is 1.83 bits per heavy atom. The van der Waals surface area contributed by atoms with Crippen LogP contribution in [-0.4, -0.2) is 18.3 Å². The Bertz CT molecular complexity index is 710. The zero-order chi connectivity index (χ0) is 17.4. The van der Waals surface area contributed by atoms with Crippen LogP contribution in [0.15, 0.2) is 48.5 Å². The van der Waals surface area contributed by atoms with Gasteiger partial charge in [0.05, 0.1) is 12.3 Å². The van der Waals surface area contributed by atoms with Crippen molar-refractivity contribution in [3.05, 3.63) is 59.7 Å². The number of rotatable bonds is 8. The number of nitrogens with one attached hydrogen (secondary N) is 1. The highest BCUT2D eigenvalue weighted by Gasteiger charge is 2.09. The van der Waals surface area contributed by atoms with Gasteiger partial charge in [-0.3, -0.25) is 9.59 Å². The van der Waals surface area contributed by atoms with Crippen LogP contribution in [0.2, 0.25) is 0 Å². The van der Waals surface area contributed by atoms with Gasteiger partial charge in [0.2, 0.25) is 5.91 Å². The first-order chi connectivity index (χ1) is 11.6. The van der Waals surface area contributed by atoms with Crippen molar-refractivity contribution in [3.63, 3.8) is 0 Å². The van der Waals surface area contributed by atoms with Crippen molar-refractivity contribution in [3.8, 4) is 5.75 Å². The first kappa shape index (κ1) is 17.7. The lowest BCUT2D eigenvalue weighted by molar-refractivity contribution is -0.116. The zero-order valence-electron chi connectivity index (χ0n) is 14.2. The van der Waals surface area contributed by atoms with Crippen molar-refractivity contribution in [2.45, 2.75) is 33.1 Å². The number of unbranched alkanes of at least 4 members (excludes halogenated alkanes) is 1. The molecule has 2 aromatic rings. The quantitative estimate of drug-likeness (QED) is 0.578. The van der Waals surface area contributed by atoms with E-state index in [-0.39, 0.29) is 11.7 Å². The van der Waals surface area contributed by atoms with E-state index in [0.29, 0.717) is 24.3 Å². The predicted octanol–water partition coefficient (Wildman–Crippen LogP) is 4.39. The summed E-state index contributed by atoms with van der Waals surface area (Å²) in [6, 6.07) is 15.0. The number of para-hydroxylation sites is 1. The molecule has 0 saturated heterocycles. The molecule has 0 heterocycles. The minimum atomic E-state index is -0.0840. The number of ether oxygens (including phenoxy) is 1. The number of carbonyl (C=O) groups excluding carboxylic acids is 2. The Morgan fingerprint density at radius 1 is 1.04 bits per heavy atom. The summed E-state index contributed by atoms with van der Waals surface area (Å²) in [5, 5.41) is 2.81. The maximum absolute atomic E-state index is 12.0. The van der Waals surface area contributed by atoms with E-state index < -0.39 is 0 Å². The SMILES string of the molecule is CC(=O)c1ccccc1NC(=O)CCCCOc1cccc(C)c1. The molecule has 0 atom stereocenters. The maximum atomic E-state index is 12.0. The van der Waals surface area contributed by atoms with Crippen molar-refractivity contribution >= 4 is 17.4 Å².